The van der Waals surface area contributed by atoms with Gasteiger partial charge in [0.25, 0.3) is 11.8 Å². The number of fused-ring (bicyclic) bond motifs is 12. The summed E-state index contributed by atoms with van der Waals surface area (Å²) < 4.78 is 42.0. The molecule has 0 aliphatic rings. The first-order chi connectivity index (χ1) is 45.5. The fourth-order valence-corrected chi connectivity index (χ4v) is 12.4. The first-order valence-corrected chi connectivity index (χ1v) is 29.3. The lowest BCUT2D eigenvalue weighted by Gasteiger charge is -2.06. The molecule has 0 saturated heterocycles. The Morgan fingerprint density at radius 3 is 0.859 bits per heavy atom. The molecule has 0 saturated carbocycles. The van der Waals surface area contributed by atoms with Gasteiger partial charge in [0, 0.05) is 43.8 Å². The van der Waals surface area contributed by atoms with Crippen LogP contribution in [0.1, 0.15) is 0 Å². The normalized spacial score (nSPS) is 12.1. The van der Waals surface area contributed by atoms with Gasteiger partial charge in [-0.3, -0.25) is 9.13 Å². The lowest BCUT2D eigenvalue weighted by atomic mass is 10.1. The molecule has 10 aromatic carbocycles. The van der Waals surface area contributed by atoms with Crippen LogP contribution >= 0.6 is 0 Å². The molecule has 0 unspecified atom stereocenters. The van der Waals surface area contributed by atoms with Gasteiger partial charge in [-0.25, -0.2) is 49.8 Å². The Balaban J connectivity index is 0.642. The Morgan fingerprint density at radius 2 is 0.511 bits per heavy atom. The quantitative estimate of drug-likeness (QED) is 0.130. The van der Waals surface area contributed by atoms with Gasteiger partial charge >= 0.3 is 0 Å². The van der Waals surface area contributed by atoms with Crippen molar-refractivity contribution in [3.05, 3.63) is 219 Å². The van der Waals surface area contributed by atoms with E-state index in [0.717, 1.165) is 93.5 Å². The molecule has 0 bridgehead atoms. The summed E-state index contributed by atoms with van der Waals surface area (Å²) in [7, 11) is 0. The average molecular weight is 1190 g/mol. The second-order valence-corrected chi connectivity index (χ2v) is 22.2. The van der Waals surface area contributed by atoms with E-state index in [2.05, 4.69) is 44.2 Å². The molecule has 20 rings (SSSR count). The van der Waals surface area contributed by atoms with Crippen LogP contribution in [0, 0.1) is 0 Å². The number of benzene rings is 10. The second-order valence-electron chi connectivity index (χ2n) is 22.2. The Hall–Kier alpha value is -13.4. The summed E-state index contributed by atoms with van der Waals surface area (Å²) >= 11 is 0. The van der Waals surface area contributed by atoms with Gasteiger partial charge in [0.1, 0.15) is 45.8 Å². The van der Waals surface area contributed by atoms with E-state index in [1.54, 1.807) is 0 Å². The minimum atomic E-state index is 0.230. The van der Waals surface area contributed by atoms with Crippen LogP contribution in [-0.4, -0.2) is 68.9 Å². The van der Waals surface area contributed by atoms with Gasteiger partial charge in [-0.05, 0) is 157 Å². The van der Waals surface area contributed by atoms with E-state index in [9.17, 15) is 0 Å². The molecule has 0 atom stereocenters. The van der Waals surface area contributed by atoms with Gasteiger partial charge in [0.2, 0.25) is 47.1 Å². The molecule has 0 N–H and O–H groups in total. The molecule has 0 fully saturated rings. The minimum absolute atomic E-state index is 0.230. The summed E-state index contributed by atoms with van der Waals surface area (Å²) in [5.41, 5.74) is 16.5. The predicted octanol–water partition coefficient (Wildman–Crippen LogP) is 16.8. The summed E-state index contributed by atoms with van der Waals surface area (Å²) in [6, 6.07) is 66.8. The highest BCUT2D eigenvalue weighted by Gasteiger charge is 2.24. The zero-order chi connectivity index (χ0) is 60.1. The number of hydrogen-bond donors (Lipinski definition) is 0. The zero-order valence-electron chi connectivity index (χ0n) is 47.5. The van der Waals surface area contributed by atoms with Crippen molar-refractivity contribution in [3.63, 3.8) is 0 Å². The van der Waals surface area contributed by atoms with Crippen LogP contribution in [0.4, 0.5) is 0 Å². The molecule has 20 heteroatoms. The lowest BCUT2D eigenvalue weighted by molar-refractivity contribution is 0.611. The number of rotatable bonds is 9. The molecule has 20 aromatic rings. The van der Waals surface area contributed by atoms with Crippen molar-refractivity contribution in [1.82, 2.24) is 68.9 Å². The fraction of sp³-hybridized carbons (Fsp3) is 0. The van der Waals surface area contributed by atoms with Crippen molar-refractivity contribution in [3.8, 4) is 92.3 Å². The van der Waals surface area contributed by atoms with E-state index in [-0.39, 0.29) is 17.6 Å². The number of oxazole rings is 6. The maximum atomic E-state index is 6.64. The van der Waals surface area contributed by atoms with Crippen molar-refractivity contribution in [2.75, 3.05) is 0 Å². The molecule has 0 aliphatic carbocycles. The van der Waals surface area contributed by atoms with Gasteiger partial charge < -0.3 is 26.5 Å². The van der Waals surface area contributed by atoms with Crippen molar-refractivity contribution in [2.45, 2.75) is 0 Å². The summed E-state index contributed by atoms with van der Waals surface area (Å²) in [4.78, 5) is 57.4. The summed E-state index contributed by atoms with van der Waals surface area (Å²) in [6.07, 6.45) is 2.94. The second kappa shape index (κ2) is 19.1. The molecule has 20 nitrogen and oxygen atoms in total. The number of para-hydroxylation sites is 8. The van der Waals surface area contributed by atoms with E-state index in [1.165, 1.54) is 12.7 Å². The van der Waals surface area contributed by atoms with Crippen LogP contribution in [0.2, 0.25) is 0 Å². The van der Waals surface area contributed by atoms with Crippen LogP contribution in [0.5, 0.6) is 0 Å². The van der Waals surface area contributed by atoms with Crippen LogP contribution < -0.4 is 0 Å². The highest BCUT2D eigenvalue weighted by atomic mass is 16.4. The third kappa shape index (κ3) is 7.83. The van der Waals surface area contributed by atoms with Crippen LogP contribution in [0.25, 0.3) is 202 Å². The predicted molar refractivity (Wildman–Crippen MR) is 345 cm³/mol. The van der Waals surface area contributed by atoms with E-state index in [0.29, 0.717) is 91.3 Å². The molecule has 92 heavy (non-hydrogen) atoms. The maximum absolute atomic E-state index is 6.64. The van der Waals surface area contributed by atoms with E-state index in [4.69, 9.17) is 66.4 Å². The third-order valence-electron chi connectivity index (χ3n) is 16.7. The lowest BCUT2D eigenvalue weighted by Crippen LogP contribution is -2.03. The van der Waals surface area contributed by atoms with Crippen LogP contribution in [-0.2, 0) is 0 Å². The van der Waals surface area contributed by atoms with Gasteiger partial charge in [-0.2, -0.15) is 9.97 Å². The van der Waals surface area contributed by atoms with Crippen molar-refractivity contribution in [2.24, 2.45) is 0 Å². The SMILES string of the molecule is c1ccc2oc(-c3ccc4c(c3)c3cc(-c5nc6ccc(-c7ccc8nc(-c9ncnc(-n%10c%11ccc(-c%12nc%13ccccc%13o%12)cc%11c%11cc(-c%12nc%13ccccc%13o%12)ccc%11%10)n9)oc8c7)cc6o5)ccc3n4-c3ncnc(-c4nc5ccccc5o4)n3)nc2c1. The highest BCUT2D eigenvalue weighted by Crippen LogP contribution is 2.41. The van der Waals surface area contributed by atoms with Crippen LogP contribution in [0.15, 0.2) is 245 Å². The standard InChI is InChI=1S/C72H36N14O6/c1-5-13-57-47(9-1)77-65(87-57)39-19-25-53-43(29-39)44-30-40(66-78-48-10-2-6-14-58(48)88-66)20-26-54(44)86(53)72-76-36-74-64(84-72)70-82-52-24-18-38(34-62(52)92-70)37-17-23-51-61(33-37)91-68(80-51)42-22-28-56-46(32-42)45-31-41(67-79-49-11-3-7-15-59(49)89-67)21-27-55(45)85(56)71-75-35-73-63(83-71)69-81-50-12-4-8-16-60(50)90-69/h1-36H. The van der Waals surface area contributed by atoms with Gasteiger partial charge in [-0.15, -0.1) is 0 Å². The van der Waals surface area contributed by atoms with E-state index < -0.39 is 0 Å². The van der Waals surface area contributed by atoms with Gasteiger partial charge in [0.05, 0.1) is 22.1 Å². The Labute approximate surface area is 514 Å². The molecule has 0 amide bonds. The molecule has 10 aromatic heterocycles. The number of hydrogen-bond acceptors (Lipinski definition) is 18. The van der Waals surface area contributed by atoms with E-state index in [1.807, 2.05) is 191 Å². The average Bonchev–Trinajstić information content (AvgIpc) is 1.59. The molecule has 430 valence electrons. The van der Waals surface area contributed by atoms with Crippen molar-refractivity contribution >= 4 is 110 Å². The highest BCUT2D eigenvalue weighted by molar-refractivity contribution is 6.12. The summed E-state index contributed by atoms with van der Waals surface area (Å²) in [6.45, 7) is 0. The molecular formula is C72H36N14O6. The topological polar surface area (TPSA) is 243 Å². The van der Waals surface area contributed by atoms with Crippen LogP contribution in [0.3, 0.4) is 0 Å². The first-order valence-electron chi connectivity index (χ1n) is 29.3. The Kier molecular flexibility index (Phi) is 10.3. The molecule has 0 radical (unpaired) electrons. The zero-order valence-corrected chi connectivity index (χ0v) is 47.5. The molecule has 10 heterocycles. The first kappa shape index (κ1) is 49.7. The maximum Gasteiger partial charge on any atom is 0.266 e. The smallest absolute Gasteiger partial charge is 0.266 e. The minimum Gasteiger partial charge on any atom is -0.436 e. The molecule has 0 aliphatic heterocycles. The summed E-state index contributed by atoms with van der Waals surface area (Å²) in [5.74, 6) is 3.77. The monoisotopic (exact) mass is 1190 g/mol. The van der Waals surface area contributed by atoms with Crippen molar-refractivity contribution in [1.29, 1.82) is 0 Å². The third-order valence-corrected chi connectivity index (χ3v) is 16.7. The Bertz CT molecular complexity index is 6200. The fourth-order valence-electron chi connectivity index (χ4n) is 12.4. The largest absolute Gasteiger partial charge is 0.436 e. The van der Waals surface area contributed by atoms with E-state index >= 15 is 0 Å². The Morgan fingerprint density at radius 1 is 0.228 bits per heavy atom. The summed E-state index contributed by atoms with van der Waals surface area (Å²) in [5, 5.41) is 3.61. The molecular weight excluding hydrogens is 1160 g/mol. The molecule has 0 spiro atoms. The number of aromatic nitrogens is 14. The van der Waals surface area contributed by atoms with Gasteiger partial charge in [-0.1, -0.05) is 60.7 Å². The van der Waals surface area contributed by atoms with Gasteiger partial charge in [0.15, 0.2) is 33.5 Å². The number of nitrogens with zero attached hydrogens (tertiary/aromatic N) is 14. The van der Waals surface area contributed by atoms with Crippen molar-refractivity contribution < 1.29 is 26.5 Å².